The van der Waals surface area contributed by atoms with E-state index in [4.69, 9.17) is 5.73 Å². The Morgan fingerprint density at radius 1 is 1.57 bits per heavy atom. The van der Waals surface area contributed by atoms with Gasteiger partial charge in [0.05, 0.1) is 6.04 Å². The van der Waals surface area contributed by atoms with Crippen molar-refractivity contribution in [3.8, 4) is 0 Å². The molecule has 0 saturated carbocycles. The number of carbonyl (C=O) groups excluding carboxylic acids is 1. The molecule has 1 aliphatic rings. The molecule has 0 aromatic heterocycles. The molecule has 0 spiro atoms. The van der Waals surface area contributed by atoms with Crippen LogP contribution in [0.4, 0.5) is 0 Å². The minimum Gasteiger partial charge on any atom is -0.368 e. The van der Waals surface area contributed by atoms with Crippen molar-refractivity contribution in [1.29, 1.82) is 0 Å². The molecule has 1 amide bonds. The van der Waals surface area contributed by atoms with Crippen molar-refractivity contribution in [1.82, 2.24) is 10.2 Å². The molecule has 14 heavy (non-hydrogen) atoms. The third-order valence-electron chi connectivity index (χ3n) is 2.98. The van der Waals surface area contributed by atoms with E-state index in [1.165, 1.54) is 0 Å². The lowest BCUT2D eigenvalue weighted by atomic mass is 10.0. The molecule has 0 aliphatic carbocycles. The Hall–Kier alpha value is -0.610. The highest BCUT2D eigenvalue weighted by Crippen LogP contribution is 2.12. The molecule has 1 fully saturated rings. The topological polar surface area (TPSA) is 58.4 Å². The Labute approximate surface area is 85.8 Å². The lowest BCUT2D eigenvalue weighted by Gasteiger charge is -2.34. The van der Waals surface area contributed by atoms with E-state index in [2.05, 4.69) is 17.1 Å². The second-order valence-electron chi connectivity index (χ2n) is 3.95. The van der Waals surface area contributed by atoms with Gasteiger partial charge in [-0.3, -0.25) is 9.69 Å². The molecular formula is C10H21N3O. The van der Waals surface area contributed by atoms with E-state index >= 15 is 0 Å². The highest BCUT2D eigenvalue weighted by Gasteiger charge is 2.24. The van der Waals surface area contributed by atoms with Gasteiger partial charge in [0.1, 0.15) is 0 Å². The summed E-state index contributed by atoms with van der Waals surface area (Å²) in [7, 11) is 0. The molecule has 1 heterocycles. The zero-order valence-corrected chi connectivity index (χ0v) is 9.12. The summed E-state index contributed by atoms with van der Waals surface area (Å²) in [6, 6.07) is 0.508. The van der Waals surface area contributed by atoms with Gasteiger partial charge in [0.25, 0.3) is 0 Å². The normalized spacial score (nSPS) is 22.1. The molecule has 1 unspecified atom stereocenters. The molecule has 0 bridgehead atoms. The number of carbonyl (C=O) groups is 1. The Morgan fingerprint density at radius 3 is 2.57 bits per heavy atom. The maximum atomic E-state index is 11.0. The van der Waals surface area contributed by atoms with Crippen LogP contribution in [0.25, 0.3) is 0 Å². The van der Waals surface area contributed by atoms with Gasteiger partial charge in [-0.15, -0.1) is 0 Å². The average molecular weight is 199 g/mol. The number of piperidine rings is 1. The predicted octanol–water partition coefficient (Wildman–Crippen LogP) is -0.0659. The monoisotopic (exact) mass is 199 g/mol. The predicted molar refractivity (Wildman–Crippen MR) is 56.9 cm³/mol. The highest BCUT2D eigenvalue weighted by molar-refractivity contribution is 5.79. The van der Waals surface area contributed by atoms with E-state index in [0.717, 1.165) is 32.5 Å². The van der Waals surface area contributed by atoms with E-state index in [1.54, 1.807) is 0 Å². The summed E-state index contributed by atoms with van der Waals surface area (Å²) in [6.07, 6.45) is 2.23. The lowest BCUT2D eigenvalue weighted by Crippen LogP contribution is -2.49. The second kappa shape index (κ2) is 5.32. The Balaban J connectivity index is 2.31. The van der Waals surface area contributed by atoms with Crippen molar-refractivity contribution in [2.75, 3.05) is 19.6 Å². The van der Waals surface area contributed by atoms with Crippen LogP contribution in [0.2, 0.25) is 0 Å². The minimum atomic E-state index is -0.216. The third kappa shape index (κ3) is 2.96. The maximum Gasteiger partial charge on any atom is 0.234 e. The Kier molecular flexibility index (Phi) is 4.35. The second-order valence-corrected chi connectivity index (χ2v) is 3.95. The zero-order valence-electron chi connectivity index (χ0n) is 9.12. The molecule has 4 heteroatoms. The maximum absolute atomic E-state index is 11.0. The first-order valence-electron chi connectivity index (χ1n) is 5.42. The number of hydrogen-bond donors (Lipinski definition) is 2. The van der Waals surface area contributed by atoms with Gasteiger partial charge in [0, 0.05) is 19.1 Å². The van der Waals surface area contributed by atoms with Crippen LogP contribution < -0.4 is 11.1 Å². The van der Waals surface area contributed by atoms with Gasteiger partial charge in [-0.05, 0) is 26.3 Å². The highest BCUT2D eigenvalue weighted by atomic mass is 16.1. The molecular weight excluding hydrogens is 178 g/mol. The standard InChI is InChI=1S/C10H21N3O/c1-3-12-9-4-6-13(7-5-9)8(2)10(11)14/h8-9,12H,3-7H2,1-2H3,(H2,11,14). The molecule has 4 nitrogen and oxygen atoms in total. The van der Waals surface area contributed by atoms with Gasteiger partial charge in [-0.25, -0.2) is 0 Å². The lowest BCUT2D eigenvalue weighted by molar-refractivity contribution is -0.123. The van der Waals surface area contributed by atoms with Crippen molar-refractivity contribution < 1.29 is 4.79 Å². The molecule has 1 saturated heterocycles. The van der Waals surface area contributed by atoms with Crippen LogP contribution >= 0.6 is 0 Å². The molecule has 1 aliphatic heterocycles. The molecule has 1 atom stereocenters. The summed E-state index contributed by atoms with van der Waals surface area (Å²) in [6.45, 7) is 6.98. The van der Waals surface area contributed by atoms with Crippen molar-refractivity contribution in [2.24, 2.45) is 5.73 Å². The van der Waals surface area contributed by atoms with E-state index in [-0.39, 0.29) is 11.9 Å². The number of primary amides is 1. The van der Waals surface area contributed by atoms with Crippen molar-refractivity contribution in [2.45, 2.75) is 38.8 Å². The average Bonchev–Trinajstić information content (AvgIpc) is 2.18. The fraction of sp³-hybridized carbons (Fsp3) is 0.900. The number of hydrogen-bond acceptors (Lipinski definition) is 3. The minimum absolute atomic E-state index is 0.113. The SMILES string of the molecule is CCNC1CCN(C(C)C(N)=O)CC1. The quantitative estimate of drug-likeness (QED) is 0.666. The van der Waals surface area contributed by atoms with E-state index in [9.17, 15) is 4.79 Å². The first-order valence-corrected chi connectivity index (χ1v) is 5.42. The summed E-state index contributed by atoms with van der Waals surface area (Å²) in [5, 5.41) is 3.43. The largest absolute Gasteiger partial charge is 0.368 e. The van der Waals surface area contributed by atoms with Gasteiger partial charge in [-0.1, -0.05) is 6.92 Å². The fourth-order valence-corrected chi connectivity index (χ4v) is 1.96. The number of nitrogens with one attached hydrogen (secondary N) is 1. The first kappa shape index (κ1) is 11.5. The summed E-state index contributed by atoms with van der Waals surface area (Å²) >= 11 is 0. The number of nitrogens with zero attached hydrogens (tertiary/aromatic N) is 1. The Morgan fingerprint density at radius 2 is 2.14 bits per heavy atom. The first-order chi connectivity index (χ1) is 6.65. The summed E-state index contributed by atoms with van der Waals surface area (Å²) in [5.41, 5.74) is 5.26. The molecule has 82 valence electrons. The zero-order chi connectivity index (χ0) is 10.6. The van der Waals surface area contributed by atoms with Gasteiger partial charge < -0.3 is 11.1 Å². The number of likely N-dealkylation sites (tertiary alicyclic amines) is 1. The molecule has 0 aromatic rings. The Bertz CT molecular complexity index is 188. The fourth-order valence-electron chi connectivity index (χ4n) is 1.96. The number of rotatable bonds is 4. The molecule has 0 aromatic carbocycles. The van der Waals surface area contributed by atoms with E-state index in [1.807, 2.05) is 6.92 Å². The van der Waals surface area contributed by atoms with Gasteiger partial charge >= 0.3 is 0 Å². The van der Waals surface area contributed by atoms with E-state index in [0.29, 0.717) is 6.04 Å². The van der Waals surface area contributed by atoms with E-state index < -0.39 is 0 Å². The molecule has 3 N–H and O–H groups in total. The van der Waals surface area contributed by atoms with Gasteiger partial charge in [-0.2, -0.15) is 0 Å². The van der Waals surface area contributed by atoms with Crippen LogP contribution in [0.3, 0.4) is 0 Å². The van der Waals surface area contributed by atoms with Gasteiger partial charge in [0.15, 0.2) is 0 Å². The third-order valence-corrected chi connectivity index (χ3v) is 2.98. The van der Waals surface area contributed by atoms with Crippen molar-refractivity contribution in [3.63, 3.8) is 0 Å². The van der Waals surface area contributed by atoms with Gasteiger partial charge in [0.2, 0.25) is 5.91 Å². The molecule has 0 radical (unpaired) electrons. The van der Waals surface area contributed by atoms with Crippen molar-refractivity contribution >= 4 is 5.91 Å². The van der Waals surface area contributed by atoms with Crippen LogP contribution in [-0.2, 0) is 4.79 Å². The van der Waals surface area contributed by atoms with Crippen LogP contribution in [-0.4, -0.2) is 42.5 Å². The van der Waals surface area contributed by atoms with Crippen LogP contribution in [0.15, 0.2) is 0 Å². The smallest absolute Gasteiger partial charge is 0.234 e. The van der Waals surface area contributed by atoms with Crippen LogP contribution in [0.5, 0.6) is 0 Å². The number of nitrogens with two attached hydrogens (primary N) is 1. The summed E-state index contributed by atoms with van der Waals surface area (Å²) < 4.78 is 0. The van der Waals surface area contributed by atoms with Crippen molar-refractivity contribution in [3.05, 3.63) is 0 Å². The number of amides is 1. The molecule has 1 rings (SSSR count). The summed E-state index contributed by atoms with van der Waals surface area (Å²) in [5.74, 6) is -0.216. The van der Waals surface area contributed by atoms with Crippen LogP contribution in [0, 0.1) is 0 Å². The van der Waals surface area contributed by atoms with Crippen LogP contribution in [0.1, 0.15) is 26.7 Å². The summed E-state index contributed by atoms with van der Waals surface area (Å²) in [4.78, 5) is 13.1.